The van der Waals surface area contributed by atoms with E-state index in [1.165, 1.54) is 101 Å². The second-order valence-corrected chi connectivity index (χ2v) is 14.2. The van der Waals surface area contributed by atoms with Crippen LogP contribution in [0.3, 0.4) is 0 Å². The van der Waals surface area contributed by atoms with Gasteiger partial charge in [0, 0.05) is 22.7 Å². The minimum absolute atomic E-state index is 1.03. The summed E-state index contributed by atoms with van der Waals surface area (Å²) >= 11 is 0. The molecule has 50 heavy (non-hydrogen) atoms. The van der Waals surface area contributed by atoms with Crippen LogP contribution in [0.1, 0.15) is 69.5 Å². The molecule has 0 aliphatic rings. The zero-order valence-electron chi connectivity index (χ0n) is 31.7. The molecule has 0 bridgehead atoms. The molecule has 6 aromatic rings. The van der Waals surface area contributed by atoms with Gasteiger partial charge in [-0.15, -0.1) is 0 Å². The highest BCUT2D eigenvalue weighted by atomic mass is 15.2. The third kappa shape index (κ3) is 6.85. The third-order valence-electron chi connectivity index (χ3n) is 10.2. The Morgan fingerprint density at radius 1 is 0.340 bits per heavy atom. The largest absolute Gasteiger partial charge is 0.310 e. The maximum Gasteiger partial charge on any atom is 0.0520 e. The lowest BCUT2D eigenvalue weighted by molar-refractivity contribution is 1.13. The fourth-order valence-corrected chi connectivity index (χ4v) is 7.80. The molecule has 0 heterocycles. The molecular weight excluding hydrogens is 605 g/mol. The van der Waals surface area contributed by atoms with Gasteiger partial charge < -0.3 is 9.80 Å². The van der Waals surface area contributed by atoms with Crippen LogP contribution < -0.4 is 9.80 Å². The highest BCUT2D eigenvalue weighted by Gasteiger charge is 2.21. The predicted octanol–water partition coefficient (Wildman–Crippen LogP) is 13.9. The lowest BCUT2D eigenvalue weighted by Crippen LogP contribution is -2.14. The normalized spacial score (nSPS) is 11.2. The molecule has 0 amide bonds. The molecule has 0 fully saturated rings. The Morgan fingerprint density at radius 3 is 0.920 bits per heavy atom. The molecule has 0 saturated carbocycles. The van der Waals surface area contributed by atoms with E-state index in [4.69, 9.17) is 0 Å². The second-order valence-electron chi connectivity index (χ2n) is 14.2. The number of hydrogen-bond donors (Lipinski definition) is 0. The molecule has 2 heteroatoms. The van der Waals surface area contributed by atoms with Crippen molar-refractivity contribution in [2.24, 2.45) is 0 Å². The quantitative estimate of drug-likeness (QED) is 0.153. The van der Waals surface area contributed by atoms with Gasteiger partial charge in [-0.1, -0.05) is 85.6 Å². The van der Waals surface area contributed by atoms with Crippen molar-refractivity contribution < 1.29 is 0 Å². The van der Waals surface area contributed by atoms with E-state index in [1.54, 1.807) is 0 Å². The van der Waals surface area contributed by atoms with Gasteiger partial charge >= 0.3 is 0 Å². The molecule has 0 N–H and O–H groups in total. The molecule has 2 nitrogen and oxygen atoms in total. The van der Waals surface area contributed by atoms with E-state index in [2.05, 4.69) is 188 Å². The molecule has 0 saturated heterocycles. The zero-order valence-corrected chi connectivity index (χ0v) is 31.7. The van der Waals surface area contributed by atoms with Gasteiger partial charge in [0.25, 0.3) is 0 Å². The van der Waals surface area contributed by atoms with Crippen molar-refractivity contribution in [2.45, 2.75) is 82.1 Å². The van der Waals surface area contributed by atoms with Crippen LogP contribution in [0.5, 0.6) is 0 Å². The van der Waals surface area contributed by atoms with Gasteiger partial charge in [-0.2, -0.15) is 0 Å². The van der Waals surface area contributed by atoms with E-state index in [-0.39, 0.29) is 0 Å². The van der Waals surface area contributed by atoms with E-state index >= 15 is 0 Å². The standard InChI is InChI=1S/C48H52N2/c1-11-39-13-17-41(18-14-39)49(47-35(7)25-31(3)26-36(47)8)43-21-23-45(33(5)29-43)46-24-22-44(30-34(46)6)50(42-19-15-40(12-2)16-20-42)48-37(9)27-32(4)28-38(48)10/h13-30H,11-12H2,1-10H3. The smallest absolute Gasteiger partial charge is 0.0520 e. The first-order chi connectivity index (χ1) is 24.0. The van der Waals surface area contributed by atoms with Crippen molar-refractivity contribution in [3.63, 3.8) is 0 Å². The topological polar surface area (TPSA) is 6.48 Å². The molecule has 0 aliphatic carbocycles. The van der Waals surface area contributed by atoms with Gasteiger partial charge in [0.1, 0.15) is 0 Å². The van der Waals surface area contributed by atoms with Crippen molar-refractivity contribution in [3.05, 3.63) is 165 Å². The van der Waals surface area contributed by atoms with Gasteiger partial charge in [0.2, 0.25) is 0 Å². The number of benzene rings is 6. The summed E-state index contributed by atoms with van der Waals surface area (Å²) in [6.45, 7) is 22.2. The number of nitrogens with zero attached hydrogens (tertiary/aromatic N) is 2. The minimum Gasteiger partial charge on any atom is -0.310 e. The zero-order chi connectivity index (χ0) is 35.7. The van der Waals surface area contributed by atoms with Gasteiger partial charge in [-0.05, 0) is 172 Å². The Hall–Kier alpha value is -5.08. The summed E-state index contributed by atoms with van der Waals surface area (Å²) < 4.78 is 0. The summed E-state index contributed by atoms with van der Waals surface area (Å²) in [4.78, 5) is 4.87. The molecule has 0 unspecified atom stereocenters. The predicted molar refractivity (Wildman–Crippen MR) is 218 cm³/mol. The fraction of sp³-hybridized carbons (Fsp3) is 0.250. The molecular formula is C48H52N2. The molecule has 0 aromatic heterocycles. The van der Waals surface area contributed by atoms with E-state index in [0.29, 0.717) is 0 Å². The van der Waals surface area contributed by atoms with Crippen LogP contribution in [-0.2, 0) is 12.8 Å². The molecule has 0 spiro atoms. The molecule has 0 aliphatic heterocycles. The van der Waals surface area contributed by atoms with Crippen molar-refractivity contribution in [2.75, 3.05) is 9.80 Å². The van der Waals surface area contributed by atoms with Crippen molar-refractivity contribution in [3.8, 4) is 11.1 Å². The Bertz CT molecular complexity index is 1950. The first kappa shape index (κ1) is 34.8. The number of rotatable bonds is 9. The van der Waals surface area contributed by atoms with Crippen LogP contribution in [-0.4, -0.2) is 0 Å². The maximum atomic E-state index is 2.43. The van der Waals surface area contributed by atoms with Crippen molar-refractivity contribution >= 4 is 34.1 Å². The van der Waals surface area contributed by atoms with E-state index < -0.39 is 0 Å². The van der Waals surface area contributed by atoms with Crippen LogP contribution in [0, 0.1) is 55.4 Å². The SMILES string of the molecule is CCc1ccc(N(c2ccc(-c3ccc(N(c4ccc(CC)cc4)c4c(C)cc(C)cc4C)cc3C)c(C)c2)c2c(C)cc(C)cc2C)cc1. The van der Waals surface area contributed by atoms with Crippen LogP contribution in [0.15, 0.2) is 109 Å². The van der Waals surface area contributed by atoms with Gasteiger partial charge in [0.05, 0.1) is 11.4 Å². The Labute approximate surface area is 301 Å². The van der Waals surface area contributed by atoms with Crippen LogP contribution in [0.25, 0.3) is 11.1 Å². The first-order valence-electron chi connectivity index (χ1n) is 18.1. The lowest BCUT2D eigenvalue weighted by atomic mass is 9.94. The number of aryl methyl sites for hydroxylation is 10. The molecule has 0 radical (unpaired) electrons. The Kier molecular flexibility index (Phi) is 10.0. The van der Waals surface area contributed by atoms with Crippen molar-refractivity contribution in [1.29, 1.82) is 0 Å². The summed E-state index contributed by atoms with van der Waals surface area (Å²) in [7, 11) is 0. The Balaban J connectivity index is 1.43. The van der Waals surface area contributed by atoms with Crippen LogP contribution in [0.2, 0.25) is 0 Å². The summed E-state index contributed by atoms with van der Waals surface area (Å²) in [5, 5.41) is 0. The fourth-order valence-electron chi connectivity index (χ4n) is 7.80. The number of anilines is 6. The molecule has 6 rings (SSSR count). The molecule has 254 valence electrons. The summed E-state index contributed by atoms with van der Waals surface area (Å²) in [5.41, 5.74) is 22.6. The third-order valence-corrected chi connectivity index (χ3v) is 10.2. The second kappa shape index (κ2) is 14.4. The summed E-state index contributed by atoms with van der Waals surface area (Å²) in [5.74, 6) is 0. The monoisotopic (exact) mass is 656 g/mol. The minimum atomic E-state index is 1.03. The van der Waals surface area contributed by atoms with Crippen molar-refractivity contribution in [1.82, 2.24) is 0 Å². The highest BCUT2D eigenvalue weighted by Crippen LogP contribution is 2.43. The first-order valence-corrected chi connectivity index (χ1v) is 18.1. The van der Waals surface area contributed by atoms with Gasteiger partial charge in [0.15, 0.2) is 0 Å². The van der Waals surface area contributed by atoms with E-state index in [1.807, 2.05) is 0 Å². The lowest BCUT2D eigenvalue weighted by Gasteiger charge is -2.30. The molecule has 0 atom stereocenters. The molecule has 6 aromatic carbocycles. The van der Waals surface area contributed by atoms with Gasteiger partial charge in [-0.25, -0.2) is 0 Å². The summed E-state index contributed by atoms with van der Waals surface area (Å²) in [6, 6.07) is 41.2. The number of hydrogen-bond acceptors (Lipinski definition) is 2. The highest BCUT2D eigenvalue weighted by molar-refractivity contribution is 5.85. The Morgan fingerprint density at radius 2 is 0.640 bits per heavy atom. The van der Waals surface area contributed by atoms with Crippen LogP contribution in [0.4, 0.5) is 34.1 Å². The average molecular weight is 657 g/mol. The summed E-state index contributed by atoms with van der Waals surface area (Å²) in [6.07, 6.45) is 2.06. The van der Waals surface area contributed by atoms with Crippen LogP contribution >= 0.6 is 0 Å². The maximum absolute atomic E-state index is 2.43. The van der Waals surface area contributed by atoms with E-state index in [0.717, 1.165) is 12.8 Å². The van der Waals surface area contributed by atoms with Gasteiger partial charge in [-0.3, -0.25) is 0 Å². The average Bonchev–Trinajstić information content (AvgIpc) is 3.08. The van der Waals surface area contributed by atoms with E-state index in [9.17, 15) is 0 Å².